The van der Waals surface area contributed by atoms with Gasteiger partial charge in [0.05, 0.1) is 0 Å². The zero-order valence-corrected chi connectivity index (χ0v) is 10.3. The molecule has 18 heavy (non-hydrogen) atoms. The minimum absolute atomic E-state index is 0.0427. The van der Waals surface area contributed by atoms with Gasteiger partial charge in [0.15, 0.2) is 0 Å². The van der Waals surface area contributed by atoms with Crippen molar-refractivity contribution in [2.24, 2.45) is 0 Å². The van der Waals surface area contributed by atoms with E-state index in [0.29, 0.717) is 13.0 Å². The molecule has 1 atom stereocenters. The van der Waals surface area contributed by atoms with Gasteiger partial charge in [0.2, 0.25) is 0 Å². The van der Waals surface area contributed by atoms with Crippen LogP contribution in [0.1, 0.15) is 31.7 Å². The van der Waals surface area contributed by atoms with Crippen molar-refractivity contribution in [2.45, 2.75) is 44.9 Å². The molecule has 102 valence electrons. The number of phenolic OH excluding ortho intramolecular Hbond substituents is 1. The number of rotatable bonds is 6. The molecule has 2 N–H and O–H groups in total. The van der Waals surface area contributed by atoms with Gasteiger partial charge in [-0.2, -0.15) is 13.2 Å². The summed E-state index contributed by atoms with van der Waals surface area (Å²) in [6.07, 6.45) is -4.14. The van der Waals surface area contributed by atoms with E-state index in [1.54, 1.807) is 24.3 Å². The number of benzene rings is 1. The highest BCUT2D eigenvalue weighted by Gasteiger charge is 2.26. The predicted octanol–water partition coefficient (Wildman–Crippen LogP) is 3.60. The summed E-state index contributed by atoms with van der Waals surface area (Å²) in [5.74, 6) is 0.206. The van der Waals surface area contributed by atoms with Crippen LogP contribution in [-0.2, 0) is 6.54 Å². The Bertz CT molecular complexity index is 348. The molecule has 0 saturated carbocycles. The maximum Gasteiger partial charge on any atom is 0.389 e. The lowest BCUT2D eigenvalue weighted by Crippen LogP contribution is -2.25. The highest BCUT2D eigenvalue weighted by molar-refractivity contribution is 5.25. The average Bonchev–Trinajstić information content (AvgIpc) is 2.26. The van der Waals surface area contributed by atoms with E-state index in [-0.39, 0.29) is 18.2 Å². The van der Waals surface area contributed by atoms with Crippen molar-refractivity contribution in [1.29, 1.82) is 0 Å². The van der Waals surface area contributed by atoms with Crippen molar-refractivity contribution < 1.29 is 18.3 Å². The molecule has 1 aromatic rings. The monoisotopic (exact) mass is 261 g/mol. The Kier molecular flexibility index (Phi) is 5.47. The number of halogens is 3. The Hall–Kier alpha value is -1.23. The van der Waals surface area contributed by atoms with E-state index in [1.807, 2.05) is 6.92 Å². The molecule has 0 radical (unpaired) electrons. The third kappa shape index (κ3) is 6.49. The Labute approximate surface area is 105 Å². The summed E-state index contributed by atoms with van der Waals surface area (Å²) in [5, 5.41) is 12.3. The first kappa shape index (κ1) is 14.8. The number of phenols is 1. The van der Waals surface area contributed by atoms with E-state index < -0.39 is 12.6 Å². The summed E-state index contributed by atoms with van der Waals surface area (Å²) in [6.45, 7) is 2.46. The Morgan fingerprint density at radius 3 is 2.39 bits per heavy atom. The van der Waals surface area contributed by atoms with Gasteiger partial charge in [0.25, 0.3) is 0 Å². The maximum atomic E-state index is 12.0. The molecule has 0 heterocycles. The maximum absolute atomic E-state index is 12.0. The van der Waals surface area contributed by atoms with Gasteiger partial charge < -0.3 is 10.4 Å². The Balaban J connectivity index is 2.21. The lowest BCUT2D eigenvalue weighted by atomic mass is 10.1. The lowest BCUT2D eigenvalue weighted by Gasteiger charge is -2.14. The first-order valence-corrected chi connectivity index (χ1v) is 5.95. The predicted molar refractivity (Wildman–Crippen MR) is 64.3 cm³/mol. The van der Waals surface area contributed by atoms with Crippen molar-refractivity contribution in [3.05, 3.63) is 29.8 Å². The molecule has 0 amide bonds. The molecule has 0 saturated heterocycles. The highest BCUT2D eigenvalue weighted by Crippen LogP contribution is 2.22. The topological polar surface area (TPSA) is 32.3 Å². The second-order valence-corrected chi connectivity index (χ2v) is 4.46. The number of alkyl halides is 3. The zero-order chi connectivity index (χ0) is 13.6. The van der Waals surface area contributed by atoms with Crippen LogP contribution < -0.4 is 5.32 Å². The molecule has 0 bridgehead atoms. The van der Waals surface area contributed by atoms with E-state index >= 15 is 0 Å². The van der Waals surface area contributed by atoms with Crippen LogP contribution in [0.2, 0.25) is 0 Å². The van der Waals surface area contributed by atoms with Crippen LogP contribution in [0.15, 0.2) is 24.3 Å². The molecule has 0 aliphatic heterocycles. The normalized spacial score (nSPS) is 13.6. The summed E-state index contributed by atoms with van der Waals surface area (Å²) in [7, 11) is 0. The minimum Gasteiger partial charge on any atom is -0.508 e. The summed E-state index contributed by atoms with van der Waals surface area (Å²) >= 11 is 0. The summed E-state index contributed by atoms with van der Waals surface area (Å²) in [5.41, 5.74) is 0.996. The Morgan fingerprint density at radius 2 is 1.83 bits per heavy atom. The van der Waals surface area contributed by atoms with Crippen LogP contribution >= 0.6 is 0 Å². The quantitative estimate of drug-likeness (QED) is 0.820. The second kappa shape index (κ2) is 6.64. The Morgan fingerprint density at radius 1 is 1.22 bits per heavy atom. The smallest absolute Gasteiger partial charge is 0.389 e. The third-order valence-electron chi connectivity index (χ3n) is 2.69. The largest absolute Gasteiger partial charge is 0.508 e. The van der Waals surface area contributed by atoms with Crippen molar-refractivity contribution in [2.75, 3.05) is 0 Å². The van der Waals surface area contributed by atoms with Crippen molar-refractivity contribution >= 4 is 0 Å². The van der Waals surface area contributed by atoms with E-state index in [2.05, 4.69) is 5.32 Å². The standard InChI is InChI=1S/C13H18F3NO/c1-10(3-2-8-13(14,15)16)17-9-11-4-6-12(18)7-5-11/h4-7,10,17-18H,2-3,8-9H2,1H3. The lowest BCUT2D eigenvalue weighted by molar-refractivity contribution is -0.135. The molecule has 0 spiro atoms. The highest BCUT2D eigenvalue weighted by atomic mass is 19.4. The van der Waals surface area contributed by atoms with E-state index in [4.69, 9.17) is 5.11 Å². The van der Waals surface area contributed by atoms with E-state index in [1.165, 1.54) is 0 Å². The summed E-state index contributed by atoms with van der Waals surface area (Å²) < 4.78 is 35.9. The molecular weight excluding hydrogens is 243 g/mol. The first-order valence-electron chi connectivity index (χ1n) is 5.95. The van der Waals surface area contributed by atoms with Gasteiger partial charge >= 0.3 is 6.18 Å². The number of hydrogen-bond donors (Lipinski definition) is 2. The summed E-state index contributed by atoms with van der Waals surface area (Å²) in [6, 6.07) is 6.78. The molecule has 0 aliphatic carbocycles. The van der Waals surface area contributed by atoms with Crippen molar-refractivity contribution in [3.63, 3.8) is 0 Å². The zero-order valence-electron chi connectivity index (χ0n) is 10.3. The molecule has 0 fully saturated rings. The second-order valence-electron chi connectivity index (χ2n) is 4.46. The van der Waals surface area contributed by atoms with Gasteiger partial charge in [-0.25, -0.2) is 0 Å². The minimum atomic E-state index is -4.06. The fraction of sp³-hybridized carbons (Fsp3) is 0.538. The van der Waals surface area contributed by atoms with Gasteiger partial charge in [-0.05, 0) is 37.5 Å². The van der Waals surface area contributed by atoms with Gasteiger partial charge in [-0.3, -0.25) is 0 Å². The van der Waals surface area contributed by atoms with Gasteiger partial charge in [-0.15, -0.1) is 0 Å². The number of hydrogen-bond acceptors (Lipinski definition) is 2. The van der Waals surface area contributed by atoms with Gasteiger partial charge in [-0.1, -0.05) is 12.1 Å². The SMILES string of the molecule is CC(CCCC(F)(F)F)NCc1ccc(O)cc1. The molecule has 5 heteroatoms. The van der Waals surface area contributed by atoms with Crippen LogP contribution in [0.5, 0.6) is 5.75 Å². The molecular formula is C13H18F3NO. The van der Waals surface area contributed by atoms with Crippen LogP contribution in [0, 0.1) is 0 Å². The third-order valence-corrected chi connectivity index (χ3v) is 2.69. The molecule has 0 aliphatic rings. The van der Waals surface area contributed by atoms with E-state index in [0.717, 1.165) is 5.56 Å². The summed E-state index contributed by atoms with van der Waals surface area (Å²) in [4.78, 5) is 0. The van der Waals surface area contributed by atoms with Crippen molar-refractivity contribution in [1.82, 2.24) is 5.32 Å². The molecule has 1 rings (SSSR count). The first-order chi connectivity index (χ1) is 8.37. The van der Waals surface area contributed by atoms with Crippen LogP contribution in [-0.4, -0.2) is 17.3 Å². The molecule has 0 aromatic heterocycles. The number of aromatic hydroxyl groups is 1. The van der Waals surface area contributed by atoms with Gasteiger partial charge in [0, 0.05) is 19.0 Å². The van der Waals surface area contributed by atoms with Crippen LogP contribution in [0.3, 0.4) is 0 Å². The number of nitrogens with one attached hydrogen (secondary N) is 1. The van der Waals surface area contributed by atoms with Crippen molar-refractivity contribution in [3.8, 4) is 5.75 Å². The fourth-order valence-corrected chi connectivity index (χ4v) is 1.62. The van der Waals surface area contributed by atoms with E-state index in [9.17, 15) is 13.2 Å². The van der Waals surface area contributed by atoms with Gasteiger partial charge in [0.1, 0.15) is 5.75 Å². The average molecular weight is 261 g/mol. The van der Waals surface area contributed by atoms with Crippen LogP contribution in [0.25, 0.3) is 0 Å². The molecule has 1 aromatic carbocycles. The molecule has 1 unspecified atom stereocenters. The molecule has 2 nitrogen and oxygen atoms in total. The van der Waals surface area contributed by atoms with Crippen LogP contribution in [0.4, 0.5) is 13.2 Å². The fourth-order valence-electron chi connectivity index (χ4n) is 1.62.